The van der Waals surface area contributed by atoms with Crippen LogP contribution >= 0.6 is 0 Å². The number of aliphatic hydroxyl groups is 2. The largest absolute Gasteiger partial charge is 0.486 e. The Balaban J connectivity index is 1.19. The maximum absolute atomic E-state index is 11.1. The van der Waals surface area contributed by atoms with Crippen LogP contribution in [0.2, 0.25) is 0 Å². The molecule has 2 aliphatic rings. The molecular weight excluding hydrogens is 412 g/mol. The van der Waals surface area contributed by atoms with Crippen LogP contribution in [0.15, 0.2) is 66.9 Å². The smallest absolute Gasteiger partial charge is 0.133 e. The van der Waals surface area contributed by atoms with Crippen LogP contribution in [-0.4, -0.2) is 44.9 Å². The standard InChI is InChI=1S/C28H30N2O3/c1-29-17-23(21-8-4-5-9-24(21)29)26(32)18-30-14-12-28(13-15-30)16-25(31)22-11-10-19-6-2-3-7-20(19)27(22)33-28/h2-11,17,25-26,31-32H,12-16,18H2,1H3/t25-,26-/m0/s1. The van der Waals surface area contributed by atoms with Gasteiger partial charge in [0.1, 0.15) is 11.4 Å². The summed E-state index contributed by atoms with van der Waals surface area (Å²) in [6.45, 7) is 2.29. The van der Waals surface area contributed by atoms with E-state index in [1.165, 1.54) is 0 Å². The SMILES string of the molecule is Cn1cc([C@@H](O)CN2CCC3(CC2)C[C@H](O)c2ccc4ccccc4c2O3)c2ccccc21. The van der Waals surface area contributed by atoms with Crippen molar-refractivity contribution in [1.29, 1.82) is 0 Å². The highest BCUT2D eigenvalue weighted by Crippen LogP contribution is 2.47. The molecule has 0 unspecified atom stereocenters. The van der Waals surface area contributed by atoms with E-state index in [0.717, 1.165) is 64.5 Å². The average molecular weight is 443 g/mol. The summed E-state index contributed by atoms with van der Waals surface area (Å²) in [5.74, 6) is 0.844. The van der Waals surface area contributed by atoms with Crippen LogP contribution in [0, 0.1) is 0 Å². The summed E-state index contributed by atoms with van der Waals surface area (Å²) in [6, 6.07) is 20.5. The van der Waals surface area contributed by atoms with Crippen LogP contribution in [0.25, 0.3) is 21.7 Å². The van der Waals surface area contributed by atoms with Gasteiger partial charge in [-0.3, -0.25) is 0 Å². The second-order valence-electron chi connectivity index (χ2n) is 9.74. The predicted molar refractivity (Wildman–Crippen MR) is 130 cm³/mol. The van der Waals surface area contributed by atoms with E-state index in [1.54, 1.807) is 0 Å². The lowest BCUT2D eigenvalue weighted by Gasteiger charge is -2.46. The first kappa shape index (κ1) is 20.7. The molecule has 4 aromatic rings. The first-order valence-corrected chi connectivity index (χ1v) is 11.9. The number of piperidine rings is 1. The highest BCUT2D eigenvalue weighted by molar-refractivity contribution is 5.90. The number of ether oxygens (including phenoxy) is 1. The zero-order chi connectivity index (χ0) is 22.6. The number of rotatable bonds is 3. The third kappa shape index (κ3) is 3.52. The summed E-state index contributed by atoms with van der Waals surface area (Å²) in [4.78, 5) is 2.33. The molecule has 1 saturated heterocycles. The number of benzene rings is 3. The summed E-state index contributed by atoms with van der Waals surface area (Å²) >= 11 is 0. The zero-order valence-corrected chi connectivity index (χ0v) is 18.9. The Bertz CT molecular complexity index is 1320. The fraction of sp³-hybridized carbons (Fsp3) is 0.357. The maximum atomic E-state index is 11.1. The first-order chi connectivity index (χ1) is 16.0. The second-order valence-corrected chi connectivity index (χ2v) is 9.74. The van der Waals surface area contributed by atoms with Crippen molar-refractivity contribution in [2.75, 3.05) is 19.6 Å². The van der Waals surface area contributed by atoms with Crippen molar-refractivity contribution in [1.82, 2.24) is 9.47 Å². The lowest BCUT2D eigenvalue weighted by molar-refractivity contribution is -0.0576. The van der Waals surface area contributed by atoms with Gasteiger partial charge in [-0.05, 0) is 24.3 Å². The number of hydrogen-bond donors (Lipinski definition) is 2. The molecule has 3 aromatic carbocycles. The summed E-state index contributed by atoms with van der Waals surface area (Å²) in [5, 5.41) is 25.3. The summed E-state index contributed by atoms with van der Waals surface area (Å²) in [6.07, 6.45) is 3.31. The summed E-state index contributed by atoms with van der Waals surface area (Å²) in [7, 11) is 2.02. The molecule has 0 aliphatic carbocycles. The Kier molecular flexibility index (Phi) is 4.94. The Hall–Kier alpha value is -2.86. The molecule has 0 radical (unpaired) electrons. The van der Waals surface area contributed by atoms with Gasteiger partial charge >= 0.3 is 0 Å². The third-order valence-electron chi connectivity index (χ3n) is 7.64. The van der Waals surface area contributed by atoms with Gasteiger partial charge in [0.05, 0.1) is 12.2 Å². The molecule has 170 valence electrons. The van der Waals surface area contributed by atoms with Crippen LogP contribution in [0.3, 0.4) is 0 Å². The quantitative estimate of drug-likeness (QED) is 0.482. The van der Waals surface area contributed by atoms with E-state index in [-0.39, 0.29) is 5.60 Å². The lowest BCUT2D eigenvalue weighted by Crippen LogP contribution is -2.51. The van der Waals surface area contributed by atoms with Crippen molar-refractivity contribution in [3.8, 4) is 5.75 Å². The van der Waals surface area contributed by atoms with Gasteiger partial charge in [0.15, 0.2) is 0 Å². The van der Waals surface area contributed by atoms with Gasteiger partial charge in [0.25, 0.3) is 0 Å². The first-order valence-electron chi connectivity index (χ1n) is 11.9. The number of aryl methyl sites for hydroxylation is 1. The molecule has 2 atom stereocenters. The molecule has 6 rings (SSSR count). The minimum absolute atomic E-state index is 0.350. The maximum Gasteiger partial charge on any atom is 0.133 e. The number of aliphatic hydroxyl groups excluding tert-OH is 2. The van der Waals surface area contributed by atoms with Crippen molar-refractivity contribution in [3.63, 3.8) is 0 Å². The molecule has 33 heavy (non-hydrogen) atoms. The van der Waals surface area contributed by atoms with Crippen LogP contribution in [-0.2, 0) is 7.05 Å². The van der Waals surface area contributed by atoms with E-state index in [1.807, 2.05) is 43.6 Å². The average Bonchev–Trinajstić information content (AvgIpc) is 3.17. The van der Waals surface area contributed by atoms with E-state index < -0.39 is 12.2 Å². The van der Waals surface area contributed by atoms with Gasteiger partial charge in [-0.2, -0.15) is 0 Å². The van der Waals surface area contributed by atoms with Gasteiger partial charge in [0, 0.05) is 66.7 Å². The fourth-order valence-corrected chi connectivity index (χ4v) is 5.79. The van der Waals surface area contributed by atoms with Crippen LogP contribution < -0.4 is 4.74 Å². The highest BCUT2D eigenvalue weighted by atomic mass is 16.5. The molecule has 0 saturated carbocycles. The topological polar surface area (TPSA) is 57.9 Å². The van der Waals surface area contributed by atoms with E-state index in [9.17, 15) is 10.2 Å². The Morgan fingerprint density at radius 1 is 1.00 bits per heavy atom. The molecule has 5 nitrogen and oxygen atoms in total. The number of fused-ring (bicyclic) bond motifs is 4. The molecule has 2 aliphatic heterocycles. The van der Waals surface area contributed by atoms with Gasteiger partial charge in [0.2, 0.25) is 0 Å². The molecule has 0 amide bonds. The Labute approximate surface area is 193 Å². The molecule has 0 bridgehead atoms. The monoisotopic (exact) mass is 442 g/mol. The van der Waals surface area contributed by atoms with Crippen LogP contribution in [0.4, 0.5) is 0 Å². The molecule has 5 heteroatoms. The van der Waals surface area contributed by atoms with Gasteiger partial charge < -0.3 is 24.4 Å². The van der Waals surface area contributed by atoms with Gasteiger partial charge in [-0.15, -0.1) is 0 Å². The van der Waals surface area contributed by atoms with E-state index in [0.29, 0.717) is 13.0 Å². The van der Waals surface area contributed by atoms with Gasteiger partial charge in [-0.25, -0.2) is 0 Å². The number of β-amino-alcohol motifs (C(OH)–C–C–N with tert-alkyl or cyclic N) is 1. The number of nitrogens with zero attached hydrogens (tertiary/aromatic N) is 2. The third-order valence-corrected chi connectivity index (χ3v) is 7.64. The van der Waals surface area contributed by atoms with Crippen molar-refractivity contribution < 1.29 is 14.9 Å². The normalized spacial score (nSPS) is 21.2. The molecule has 2 N–H and O–H groups in total. The van der Waals surface area contributed by atoms with Gasteiger partial charge in [-0.1, -0.05) is 54.6 Å². The lowest BCUT2D eigenvalue weighted by atomic mass is 9.81. The number of likely N-dealkylation sites (tertiary alicyclic amines) is 1. The van der Waals surface area contributed by atoms with Crippen LogP contribution in [0.1, 0.15) is 42.6 Å². The van der Waals surface area contributed by atoms with Crippen LogP contribution in [0.5, 0.6) is 5.75 Å². The van der Waals surface area contributed by atoms with Crippen molar-refractivity contribution in [3.05, 3.63) is 78.0 Å². The summed E-state index contributed by atoms with van der Waals surface area (Å²) < 4.78 is 8.77. The van der Waals surface area contributed by atoms with E-state index in [2.05, 4.69) is 39.8 Å². The number of para-hydroxylation sites is 1. The molecule has 3 heterocycles. The predicted octanol–water partition coefficient (Wildman–Crippen LogP) is 4.72. The molecule has 1 fully saturated rings. The Morgan fingerprint density at radius 3 is 2.55 bits per heavy atom. The van der Waals surface area contributed by atoms with Crippen molar-refractivity contribution in [2.45, 2.75) is 37.1 Å². The Morgan fingerprint density at radius 2 is 1.73 bits per heavy atom. The number of hydrogen-bond acceptors (Lipinski definition) is 4. The summed E-state index contributed by atoms with van der Waals surface area (Å²) in [5.41, 5.74) is 2.67. The highest BCUT2D eigenvalue weighted by Gasteiger charge is 2.43. The van der Waals surface area contributed by atoms with Crippen molar-refractivity contribution in [2.24, 2.45) is 7.05 Å². The molecular formula is C28H30N2O3. The number of aromatic nitrogens is 1. The van der Waals surface area contributed by atoms with E-state index >= 15 is 0 Å². The fourth-order valence-electron chi connectivity index (χ4n) is 5.79. The second kappa shape index (κ2) is 7.87. The molecule has 1 aromatic heterocycles. The van der Waals surface area contributed by atoms with Crippen molar-refractivity contribution >= 4 is 21.7 Å². The molecule has 1 spiro atoms. The minimum Gasteiger partial charge on any atom is -0.486 e. The van der Waals surface area contributed by atoms with E-state index in [4.69, 9.17) is 4.74 Å². The zero-order valence-electron chi connectivity index (χ0n) is 18.9. The minimum atomic E-state index is -0.535.